The zero-order chi connectivity index (χ0) is 20.5. The monoisotopic (exact) mass is 392 g/mol. The van der Waals surface area contributed by atoms with E-state index < -0.39 is 0 Å². The van der Waals surface area contributed by atoms with Gasteiger partial charge in [-0.2, -0.15) is 4.98 Å². The van der Waals surface area contributed by atoms with Crippen LogP contribution in [0.1, 0.15) is 26.3 Å². The van der Waals surface area contributed by atoms with Crippen LogP contribution in [0, 0.1) is 0 Å². The molecule has 0 aliphatic heterocycles. The van der Waals surface area contributed by atoms with Gasteiger partial charge < -0.3 is 8.83 Å². The van der Waals surface area contributed by atoms with Crippen LogP contribution in [0.15, 0.2) is 75.8 Å². The molecule has 0 bridgehead atoms. The van der Waals surface area contributed by atoms with Crippen molar-refractivity contribution in [2.45, 2.75) is 26.2 Å². The molecule has 0 spiro atoms. The third kappa shape index (κ3) is 2.53. The van der Waals surface area contributed by atoms with Crippen molar-refractivity contribution >= 4 is 44.1 Å². The number of hydrogen-bond donors (Lipinski definition) is 0. The molecular formula is C26H20N2O2. The van der Waals surface area contributed by atoms with Crippen molar-refractivity contribution < 1.29 is 8.83 Å². The van der Waals surface area contributed by atoms with Crippen molar-refractivity contribution in [1.82, 2.24) is 9.97 Å². The Kier molecular flexibility index (Phi) is 3.40. The van der Waals surface area contributed by atoms with Gasteiger partial charge in [0.25, 0.3) is 0 Å². The average Bonchev–Trinajstić information content (AvgIpc) is 3.28. The molecule has 0 amide bonds. The second-order valence-electron chi connectivity index (χ2n) is 8.81. The quantitative estimate of drug-likeness (QED) is 0.296. The first kappa shape index (κ1) is 17.2. The van der Waals surface area contributed by atoms with E-state index in [-0.39, 0.29) is 5.41 Å². The number of pyridine rings is 2. The van der Waals surface area contributed by atoms with E-state index in [0.29, 0.717) is 11.4 Å². The zero-order valence-corrected chi connectivity index (χ0v) is 17.1. The maximum Gasteiger partial charge on any atom is 0.230 e. The average molecular weight is 392 g/mol. The SMILES string of the molecule is CC(C)(C)c1ccc2oc3nc4oc5ccc(-c6ccncc6)cc5c4cc3c2c1. The van der Waals surface area contributed by atoms with Crippen molar-refractivity contribution in [3.8, 4) is 11.1 Å². The third-order valence-electron chi connectivity index (χ3n) is 5.78. The van der Waals surface area contributed by atoms with E-state index in [9.17, 15) is 0 Å². The lowest BCUT2D eigenvalue weighted by molar-refractivity contribution is 0.590. The second kappa shape index (κ2) is 5.92. The van der Waals surface area contributed by atoms with Crippen LogP contribution in [-0.4, -0.2) is 9.97 Å². The molecule has 4 aromatic heterocycles. The Labute approximate surface area is 173 Å². The molecule has 0 saturated carbocycles. The highest BCUT2D eigenvalue weighted by atomic mass is 16.4. The van der Waals surface area contributed by atoms with E-state index in [0.717, 1.165) is 43.8 Å². The summed E-state index contributed by atoms with van der Waals surface area (Å²) in [7, 11) is 0. The molecule has 0 radical (unpaired) electrons. The first-order valence-electron chi connectivity index (χ1n) is 10.1. The molecule has 0 aliphatic rings. The maximum absolute atomic E-state index is 6.04. The van der Waals surface area contributed by atoms with E-state index in [2.05, 4.69) is 56.1 Å². The summed E-state index contributed by atoms with van der Waals surface area (Å²) in [5.74, 6) is 0. The molecule has 0 aliphatic carbocycles. The number of furan rings is 2. The fraction of sp³-hybridized carbons (Fsp3) is 0.154. The standard InChI is InChI=1S/C26H20N2O2/c1-26(2,3)17-5-7-23-19(13-17)21-14-20-18-12-16(15-8-10-27-11-9-15)4-6-22(18)29-24(20)28-25(21)30-23/h4-14H,1-3H3. The van der Waals surface area contributed by atoms with Crippen molar-refractivity contribution in [2.24, 2.45) is 0 Å². The summed E-state index contributed by atoms with van der Waals surface area (Å²) in [4.78, 5) is 8.82. The summed E-state index contributed by atoms with van der Waals surface area (Å²) in [6.07, 6.45) is 3.62. The minimum absolute atomic E-state index is 0.0666. The van der Waals surface area contributed by atoms with Crippen LogP contribution in [0.4, 0.5) is 0 Å². The minimum atomic E-state index is 0.0666. The summed E-state index contributed by atoms with van der Waals surface area (Å²) in [5.41, 5.74) is 6.46. The minimum Gasteiger partial charge on any atom is -0.438 e. The molecule has 4 nitrogen and oxygen atoms in total. The molecule has 146 valence electrons. The molecule has 30 heavy (non-hydrogen) atoms. The number of rotatable bonds is 1. The molecule has 4 heteroatoms. The van der Waals surface area contributed by atoms with Crippen LogP contribution >= 0.6 is 0 Å². The lowest BCUT2D eigenvalue weighted by atomic mass is 9.86. The Morgan fingerprint density at radius 3 is 1.93 bits per heavy atom. The van der Waals surface area contributed by atoms with Crippen molar-refractivity contribution in [3.63, 3.8) is 0 Å². The molecule has 0 N–H and O–H groups in total. The van der Waals surface area contributed by atoms with Gasteiger partial charge in [-0.05, 0) is 64.6 Å². The molecule has 0 unspecified atom stereocenters. The van der Waals surface area contributed by atoms with Crippen LogP contribution in [0.2, 0.25) is 0 Å². The molecule has 0 fully saturated rings. The first-order valence-corrected chi connectivity index (χ1v) is 10.1. The summed E-state index contributed by atoms with van der Waals surface area (Å²) >= 11 is 0. The zero-order valence-electron chi connectivity index (χ0n) is 17.1. The first-order chi connectivity index (χ1) is 14.5. The van der Waals surface area contributed by atoms with Gasteiger partial charge in [-0.3, -0.25) is 4.98 Å². The molecule has 0 atom stereocenters. The molecule has 0 saturated heterocycles. The van der Waals surface area contributed by atoms with Crippen molar-refractivity contribution in [2.75, 3.05) is 0 Å². The number of hydrogen-bond acceptors (Lipinski definition) is 4. The van der Waals surface area contributed by atoms with Crippen LogP contribution in [0.3, 0.4) is 0 Å². The van der Waals surface area contributed by atoms with Gasteiger partial charge in [-0.1, -0.05) is 32.9 Å². The van der Waals surface area contributed by atoms with E-state index in [1.54, 1.807) is 0 Å². The fourth-order valence-electron chi connectivity index (χ4n) is 4.08. The van der Waals surface area contributed by atoms with E-state index in [4.69, 9.17) is 13.8 Å². The molecule has 6 rings (SSSR count). The van der Waals surface area contributed by atoms with Crippen LogP contribution in [0.5, 0.6) is 0 Å². The van der Waals surface area contributed by atoms with Gasteiger partial charge in [0.1, 0.15) is 11.2 Å². The summed E-state index contributed by atoms with van der Waals surface area (Å²) < 4.78 is 12.1. The number of aromatic nitrogens is 2. The van der Waals surface area contributed by atoms with Crippen LogP contribution in [-0.2, 0) is 5.41 Å². The van der Waals surface area contributed by atoms with E-state index >= 15 is 0 Å². The van der Waals surface area contributed by atoms with Crippen molar-refractivity contribution in [1.29, 1.82) is 0 Å². The van der Waals surface area contributed by atoms with Gasteiger partial charge in [-0.25, -0.2) is 0 Å². The van der Waals surface area contributed by atoms with Gasteiger partial charge in [0, 0.05) is 33.9 Å². The highest BCUT2D eigenvalue weighted by molar-refractivity contribution is 6.13. The Bertz CT molecular complexity index is 1570. The van der Waals surface area contributed by atoms with Gasteiger partial charge in [0.05, 0.1) is 0 Å². The van der Waals surface area contributed by atoms with E-state index in [1.807, 2.05) is 36.7 Å². The van der Waals surface area contributed by atoms with Gasteiger partial charge in [0.15, 0.2) is 0 Å². The topological polar surface area (TPSA) is 52.1 Å². The summed E-state index contributed by atoms with van der Waals surface area (Å²) in [6, 6.07) is 18.8. The number of benzene rings is 2. The Morgan fingerprint density at radius 1 is 0.633 bits per heavy atom. The normalized spacial score (nSPS) is 12.5. The molecule has 6 aromatic rings. The van der Waals surface area contributed by atoms with Crippen molar-refractivity contribution in [3.05, 3.63) is 72.6 Å². The largest absolute Gasteiger partial charge is 0.438 e. The Hall–Kier alpha value is -3.66. The number of fused-ring (bicyclic) bond motifs is 6. The molecular weight excluding hydrogens is 372 g/mol. The van der Waals surface area contributed by atoms with Gasteiger partial charge >= 0.3 is 0 Å². The smallest absolute Gasteiger partial charge is 0.230 e. The molecule has 2 aromatic carbocycles. The highest BCUT2D eigenvalue weighted by Gasteiger charge is 2.18. The Morgan fingerprint density at radius 2 is 1.27 bits per heavy atom. The lowest BCUT2D eigenvalue weighted by Crippen LogP contribution is -2.10. The van der Waals surface area contributed by atoms with E-state index in [1.165, 1.54) is 5.56 Å². The lowest BCUT2D eigenvalue weighted by Gasteiger charge is -2.18. The maximum atomic E-state index is 6.04. The van der Waals surface area contributed by atoms with Gasteiger partial charge in [-0.15, -0.1) is 0 Å². The number of nitrogens with zero attached hydrogens (tertiary/aromatic N) is 2. The van der Waals surface area contributed by atoms with Crippen LogP contribution in [0.25, 0.3) is 55.3 Å². The fourth-order valence-corrected chi connectivity index (χ4v) is 4.08. The van der Waals surface area contributed by atoms with Gasteiger partial charge in [0.2, 0.25) is 11.4 Å². The predicted molar refractivity (Wildman–Crippen MR) is 121 cm³/mol. The second-order valence-corrected chi connectivity index (χ2v) is 8.81. The summed E-state index contributed by atoms with van der Waals surface area (Å²) in [6.45, 7) is 6.66. The Balaban J connectivity index is 1.64. The van der Waals surface area contributed by atoms with Crippen LogP contribution < -0.4 is 0 Å². The predicted octanol–water partition coefficient (Wildman–Crippen LogP) is 7.24. The highest BCUT2D eigenvalue weighted by Crippen LogP contribution is 2.37. The summed E-state index contributed by atoms with van der Waals surface area (Å²) in [5, 5.41) is 4.15. The molecule has 4 heterocycles. The third-order valence-corrected chi connectivity index (χ3v) is 5.78.